The first-order valence-corrected chi connectivity index (χ1v) is 11.0. The van der Waals surface area contributed by atoms with Crippen LogP contribution in [0.15, 0.2) is 50.5 Å². The molecule has 10 heteroatoms. The molecule has 0 spiro atoms. The molecule has 0 radical (unpaired) electrons. The fraction of sp³-hybridized carbons (Fsp3) is 0.333. The number of carbonyl (C=O) groups is 1. The summed E-state index contributed by atoms with van der Waals surface area (Å²) in [4.78, 5) is 12.5. The Morgan fingerprint density at radius 1 is 1.23 bits per heavy atom. The predicted octanol–water partition coefficient (Wildman–Crippen LogP) is 4.10. The first-order valence-electron chi connectivity index (χ1n) is 9.41. The molecule has 0 fully saturated rings. The summed E-state index contributed by atoms with van der Waals surface area (Å²) in [5, 5.41) is 15.4. The van der Waals surface area contributed by atoms with E-state index in [2.05, 4.69) is 42.3 Å². The molecular weight excluding hydrogens is 554 g/mol. The van der Waals surface area contributed by atoms with Crippen molar-refractivity contribution < 1.29 is 19.5 Å². The van der Waals surface area contributed by atoms with E-state index in [4.69, 9.17) is 15.2 Å². The monoisotopic (exact) mass is 577 g/mol. The number of ether oxygens (including phenoxy) is 2. The number of benzene rings is 2. The zero-order valence-corrected chi connectivity index (χ0v) is 21.1. The number of rotatable bonds is 11. The van der Waals surface area contributed by atoms with Gasteiger partial charge in [-0.1, -0.05) is 33.2 Å². The van der Waals surface area contributed by atoms with Gasteiger partial charge in [0, 0.05) is 23.0 Å². The van der Waals surface area contributed by atoms with Crippen LogP contribution in [0.5, 0.6) is 11.5 Å². The van der Waals surface area contributed by atoms with E-state index in [0.29, 0.717) is 43.9 Å². The summed E-state index contributed by atoms with van der Waals surface area (Å²) in [5.74, 6) is 0.941. The Balaban J connectivity index is 0.00000480. The van der Waals surface area contributed by atoms with Gasteiger partial charge in [0.1, 0.15) is 17.2 Å². The smallest absolute Gasteiger partial charge is 0.269 e. The highest BCUT2D eigenvalue weighted by Gasteiger charge is 2.18. The standard InChI is InChI=1S/C21H25Br2N3O4.ClH/c1-29-17-5-3-14(4-6-17)7-9-25-21(27)19(26-28)12-15-11-16(22)13-18(23)20(15)30-10-2-8-24;/h3-6,11,13,28H,2,7-10,12,24H2,1H3,(H,25,27);1H/b26-19+;. The third-order valence-electron chi connectivity index (χ3n) is 4.28. The van der Waals surface area contributed by atoms with Crippen LogP contribution in [0, 0.1) is 0 Å². The number of hydrogen-bond acceptors (Lipinski definition) is 6. The highest BCUT2D eigenvalue weighted by atomic mass is 79.9. The largest absolute Gasteiger partial charge is 0.497 e. The number of carbonyl (C=O) groups excluding carboxylic acids is 1. The second-order valence-electron chi connectivity index (χ2n) is 6.44. The lowest BCUT2D eigenvalue weighted by molar-refractivity contribution is -0.115. The van der Waals surface area contributed by atoms with Crippen LogP contribution in [0.3, 0.4) is 0 Å². The molecule has 0 unspecified atom stereocenters. The fourth-order valence-electron chi connectivity index (χ4n) is 2.72. The molecule has 0 heterocycles. The minimum atomic E-state index is -0.435. The van der Waals surface area contributed by atoms with E-state index in [9.17, 15) is 10.0 Å². The van der Waals surface area contributed by atoms with Crippen LogP contribution in [0.2, 0.25) is 0 Å². The van der Waals surface area contributed by atoms with Gasteiger partial charge < -0.3 is 25.7 Å². The highest BCUT2D eigenvalue weighted by Crippen LogP contribution is 2.33. The van der Waals surface area contributed by atoms with E-state index in [1.807, 2.05) is 36.4 Å². The third kappa shape index (κ3) is 8.68. The van der Waals surface area contributed by atoms with Gasteiger partial charge in [0.05, 0.1) is 18.2 Å². The number of oxime groups is 1. The van der Waals surface area contributed by atoms with E-state index in [0.717, 1.165) is 20.3 Å². The van der Waals surface area contributed by atoms with Crippen molar-refractivity contribution in [3.05, 3.63) is 56.5 Å². The number of nitrogens with two attached hydrogens (primary N) is 1. The lowest BCUT2D eigenvalue weighted by Gasteiger charge is -2.14. The molecule has 0 aliphatic rings. The van der Waals surface area contributed by atoms with Crippen LogP contribution in [0.25, 0.3) is 0 Å². The second-order valence-corrected chi connectivity index (χ2v) is 8.21. The van der Waals surface area contributed by atoms with Crippen molar-refractivity contribution in [1.29, 1.82) is 0 Å². The van der Waals surface area contributed by atoms with Crippen molar-refractivity contribution in [1.82, 2.24) is 5.32 Å². The molecule has 0 aliphatic heterocycles. The Labute approximate surface area is 205 Å². The minimum Gasteiger partial charge on any atom is -0.497 e. The summed E-state index contributed by atoms with van der Waals surface area (Å²) < 4.78 is 12.5. The summed E-state index contributed by atoms with van der Waals surface area (Å²) in [6.07, 6.45) is 1.46. The van der Waals surface area contributed by atoms with Crippen LogP contribution in [0.4, 0.5) is 0 Å². The Bertz CT molecular complexity index is 880. The molecule has 31 heavy (non-hydrogen) atoms. The lowest BCUT2D eigenvalue weighted by Crippen LogP contribution is -2.33. The molecule has 1 amide bonds. The van der Waals surface area contributed by atoms with Gasteiger partial charge in [0.15, 0.2) is 0 Å². The van der Waals surface area contributed by atoms with E-state index >= 15 is 0 Å². The van der Waals surface area contributed by atoms with Crippen molar-refractivity contribution in [3.8, 4) is 11.5 Å². The molecule has 0 aliphatic carbocycles. The van der Waals surface area contributed by atoms with Gasteiger partial charge in [0.2, 0.25) is 0 Å². The number of nitrogens with zero attached hydrogens (tertiary/aromatic N) is 1. The van der Waals surface area contributed by atoms with Gasteiger partial charge in [-0.3, -0.25) is 4.79 Å². The molecule has 0 bridgehead atoms. The van der Waals surface area contributed by atoms with Crippen LogP contribution < -0.4 is 20.5 Å². The van der Waals surface area contributed by atoms with E-state index in [1.54, 1.807) is 7.11 Å². The van der Waals surface area contributed by atoms with Gasteiger partial charge in [0.25, 0.3) is 5.91 Å². The Kier molecular flexibility index (Phi) is 12.5. The molecule has 7 nitrogen and oxygen atoms in total. The van der Waals surface area contributed by atoms with Crippen molar-refractivity contribution >= 4 is 55.9 Å². The molecule has 0 atom stereocenters. The van der Waals surface area contributed by atoms with Gasteiger partial charge in [-0.25, -0.2) is 0 Å². The number of hydrogen-bond donors (Lipinski definition) is 3. The van der Waals surface area contributed by atoms with Crippen LogP contribution in [-0.2, 0) is 17.6 Å². The summed E-state index contributed by atoms with van der Waals surface area (Å²) in [7, 11) is 1.61. The van der Waals surface area contributed by atoms with Crippen molar-refractivity contribution in [2.24, 2.45) is 10.9 Å². The summed E-state index contributed by atoms with van der Waals surface area (Å²) in [6, 6.07) is 11.3. The molecule has 0 saturated heterocycles. The predicted molar refractivity (Wildman–Crippen MR) is 131 cm³/mol. The maximum atomic E-state index is 12.5. The Hall–Kier alpha value is -1.81. The number of amides is 1. The summed E-state index contributed by atoms with van der Waals surface area (Å²) in [6.45, 7) is 1.37. The molecule has 170 valence electrons. The van der Waals surface area contributed by atoms with Gasteiger partial charge in [-0.05, 0) is 65.1 Å². The van der Waals surface area contributed by atoms with Gasteiger partial charge in [-0.15, -0.1) is 12.4 Å². The van der Waals surface area contributed by atoms with E-state index in [-0.39, 0.29) is 24.5 Å². The molecule has 2 aromatic rings. The summed E-state index contributed by atoms with van der Waals surface area (Å²) in [5.41, 5.74) is 7.30. The first kappa shape index (κ1) is 27.2. The Morgan fingerprint density at radius 3 is 2.55 bits per heavy atom. The highest BCUT2D eigenvalue weighted by molar-refractivity contribution is 9.11. The maximum Gasteiger partial charge on any atom is 0.269 e. The van der Waals surface area contributed by atoms with Crippen LogP contribution in [0.1, 0.15) is 17.5 Å². The molecule has 2 rings (SSSR count). The SMILES string of the molecule is COc1ccc(CCNC(=O)/C(Cc2cc(Br)cc(Br)c2OCCCN)=N/O)cc1.Cl. The Morgan fingerprint density at radius 2 is 1.94 bits per heavy atom. The number of halogens is 3. The van der Waals surface area contributed by atoms with Crippen LogP contribution >= 0.6 is 44.3 Å². The number of nitrogens with one attached hydrogen (secondary N) is 1. The molecule has 0 saturated carbocycles. The summed E-state index contributed by atoms with van der Waals surface area (Å²) >= 11 is 6.92. The molecular formula is C21H26Br2ClN3O4. The molecule has 2 aromatic carbocycles. The quantitative estimate of drug-likeness (QED) is 0.161. The third-order valence-corrected chi connectivity index (χ3v) is 5.33. The zero-order valence-electron chi connectivity index (χ0n) is 17.1. The average molecular weight is 580 g/mol. The van der Waals surface area contributed by atoms with Gasteiger partial charge >= 0.3 is 0 Å². The molecule has 4 N–H and O–H groups in total. The number of methoxy groups -OCH3 is 1. The van der Waals surface area contributed by atoms with Crippen LogP contribution in [-0.4, -0.2) is 43.6 Å². The van der Waals surface area contributed by atoms with Gasteiger partial charge in [-0.2, -0.15) is 0 Å². The van der Waals surface area contributed by atoms with E-state index in [1.165, 1.54) is 0 Å². The lowest BCUT2D eigenvalue weighted by atomic mass is 10.1. The van der Waals surface area contributed by atoms with E-state index < -0.39 is 5.91 Å². The molecule has 0 aromatic heterocycles. The second kappa shape index (κ2) is 14.3. The van der Waals surface area contributed by atoms with Crippen molar-refractivity contribution in [2.45, 2.75) is 19.3 Å². The fourth-order valence-corrected chi connectivity index (χ4v) is 4.15. The average Bonchev–Trinajstić information content (AvgIpc) is 2.74. The maximum absolute atomic E-state index is 12.5. The van der Waals surface area contributed by atoms with Crippen molar-refractivity contribution in [3.63, 3.8) is 0 Å². The topological polar surface area (TPSA) is 106 Å². The van der Waals surface area contributed by atoms with Crippen molar-refractivity contribution in [2.75, 3.05) is 26.8 Å². The zero-order chi connectivity index (χ0) is 21.9. The first-order chi connectivity index (χ1) is 14.5. The normalized spacial score (nSPS) is 10.9. The minimum absolute atomic E-state index is 0.